The Morgan fingerprint density at radius 3 is 2.88 bits per heavy atom. The third-order valence-corrected chi connectivity index (χ3v) is 2.40. The molecule has 0 saturated heterocycles. The molecule has 0 saturated carbocycles. The number of rotatable bonds is 5. The molecule has 2 rings (SSSR count). The van der Waals surface area contributed by atoms with Gasteiger partial charge in [0.05, 0.1) is 6.54 Å². The van der Waals surface area contributed by atoms with Crippen LogP contribution in [0.3, 0.4) is 0 Å². The highest BCUT2D eigenvalue weighted by Crippen LogP contribution is 2.10. The van der Waals surface area contributed by atoms with Gasteiger partial charge in [-0.2, -0.15) is 0 Å². The fraction of sp³-hybridized carbons (Fsp3) is 0.231. The van der Waals surface area contributed by atoms with Crippen LogP contribution in [0.25, 0.3) is 0 Å². The molecule has 17 heavy (non-hydrogen) atoms. The summed E-state index contributed by atoms with van der Waals surface area (Å²) in [6.07, 6.45) is 4.31. The minimum Gasteiger partial charge on any atom is -0.457 e. The molecular weight excluding hydrogens is 216 g/mol. The van der Waals surface area contributed by atoms with E-state index in [1.165, 1.54) is 0 Å². The molecular formula is C13H14N2O2. The number of carbonyl (C=O) groups excluding carboxylic acids is 1. The van der Waals surface area contributed by atoms with Gasteiger partial charge >= 0.3 is 0 Å². The van der Waals surface area contributed by atoms with Crippen molar-refractivity contribution < 1.29 is 9.21 Å². The van der Waals surface area contributed by atoms with Crippen LogP contribution in [0.1, 0.15) is 21.9 Å². The number of furan rings is 1. The Kier molecular flexibility index (Phi) is 3.67. The fourth-order valence-electron chi connectivity index (χ4n) is 1.67. The number of hydrogen-bond donors (Lipinski definition) is 0. The van der Waals surface area contributed by atoms with Gasteiger partial charge in [-0.25, -0.2) is 0 Å². The van der Waals surface area contributed by atoms with Gasteiger partial charge in [0.15, 0.2) is 12.0 Å². The Balaban J connectivity index is 1.93. The van der Waals surface area contributed by atoms with Crippen molar-refractivity contribution in [2.75, 3.05) is 7.05 Å². The molecule has 0 aliphatic rings. The molecule has 0 radical (unpaired) electrons. The first-order chi connectivity index (χ1) is 8.28. The van der Waals surface area contributed by atoms with Gasteiger partial charge in [0.25, 0.3) is 0 Å². The van der Waals surface area contributed by atoms with Gasteiger partial charge in [0.2, 0.25) is 0 Å². The molecule has 0 bridgehead atoms. The second kappa shape index (κ2) is 5.41. The summed E-state index contributed by atoms with van der Waals surface area (Å²) in [5.41, 5.74) is 1.15. The molecule has 2 aromatic heterocycles. The maximum absolute atomic E-state index is 10.5. The summed E-state index contributed by atoms with van der Waals surface area (Å²) in [5, 5.41) is 0. The lowest BCUT2D eigenvalue weighted by Gasteiger charge is -2.14. The quantitative estimate of drug-likeness (QED) is 0.738. The van der Waals surface area contributed by atoms with Crippen LogP contribution in [0.4, 0.5) is 0 Å². The van der Waals surface area contributed by atoms with E-state index in [2.05, 4.69) is 9.88 Å². The Morgan fingerprint density at radius 2 is 2.24 bits per heavy atom. The van der Waals surface area contributed by atoms with E-state index < -0.39 is 0 Å². The van der Waals surface area contributed by atoms with E-state index in [1.807, 2.05) is 31.4 Å². The van der Waals surface area contributed by atoms with Gasteiger partial charge in [-0.05, 0) is 30.8 Å². The Hall–Kier alpha value is -1.94. The minimum atomic E-state index is 0.370. The van der Waals surface area contributed by atoms with E-state index in [1.54, 1.807) is 12.3 Å². The fourth-order valence-corrected chi connectivity index (χ4v) is 1.67. The summed E-state index contributed by atoms with van der Waals surface area (Å²) >= 11 is 0. The maximum Gasteiger partial charge on any atom is 0.185 e. The topological polar surface area (TPSA) is 46.3 Å². The van der Waals surface area contributed by atoms with E-state index in [9.17, 15) is 4.79 Å². The molecule has 0 spiro atoms. The van der Waals surface area contributed by atoms with Crippen LogP contribution < -0.4 is 0 Å². The first-order valence-electron chi connectivity index (χ1n) is 5.39. The van der Waals surface area contributed by atoms with Gasteiger partial charge in [0.1, 0.15) is 5.76 Å². The first-order valence-corrected chi connectivity index (χ1v) is 5.39. The number of aldehydes is 1. The number of pyridine rings is 1. The van der Waals surface area contributed by atoms with Crippen LogP contribution in [0.15, 0.2) is 41.1 Å². The smallest absolute Gasteiger partial charge is 0.185 e. The third-order valence-electron chi connectivity index (χ3n) is 2.40. The maximum atomic E-state index is 10.5. The largest absolute Gasteiger partial charge is 0.457 e. The second-order valence-electron chi connectivity index (χ2n) is 3.96. The summed E-state index contributed by atoms with van der Waals surface area (Å²) < 4.78 is 5.32. The Morgan fingerprint density at radius 1 is 1.35 bits per heavy atom. The molecule has 0 atom stereocenters. The molecule has 2 aromatic rings. The highest BCUT2D eigenvalue weighted by atomic mass is 16.3. The van der Waals surface area contributed by atoms with Crippen molar-refractivity contribution in [3.05, 3.63) is 53.7 Å². The van der Waals surface area contributed by atoms with Crippen LogP contribution in [0.5, 0.6) is 0 Å². The van der Waals surface area contributed by atoms with Gasteiger partial charge in [0, 0.05) is 18.9 Å². The van der Waals surface area contributed by atoms with Crippen LogP contribution in [0.2, 0.25) is 0 Å². The van der Waals surface area contributed by atoms with Crippen molar-refractivity contribution in [2.45, 2.75) is 13.1 Å². The van der Waals surface area contributed by atoms with E-state index in [0.717, 1.165) is 17.9 Å². The van der Waals surface area contributed by atoms with Crippen molar-refractivity contribution in [3.63, 3.8) is 0 Å². The standard InChI is InChI=1S/C13H14N2O2/c1-15(8-11-3-2-6-14-7-11)9-12-4-5-13(10-16)17-12/h2-7,10H,8-9H2,1H3. The lowest BCUT2D eigenvalue weighted by Crippen LogP contribution is -2.16. The molecule has 4 heteroatoms. The molecule has 88 valence electrons. The average molecular weight is 230 g/mol. The van der Waals surface area contributed by atoms with Crippen molar-refractivity contribution in [1.29, 1.82) is 0 Å². The highest BCUT2D eigenvalue weighted by Gasteiger charge is 2.05. The number of carbonyl (C=O) groups is 1. The molecule has 0 aliphatic heterocycles. The van der Waals surface area contributed by atoms with E-state index in [0.29, 0.717) is 18.6 Å². The zero-order chi connectivity index (χ0) is 12.1. The predicted octanol–water partition coefficient (Wildman–Crippen LogP) is 2.12. The predicted molar refractivity (Wildman–Crippen MR) is 63.5 cm³/mol. The molecule has 4 nitrogen and oxygen atoms in total. The monoisotopic (exact) mass is 230 g/mol. The zero-order valence-electron chi connectivity index (χ0n) is 9.67. The molecule has 0 fully saturated rings. The molecule has 0 unspecified atom stereocenters. The molecule has 2 heterocycles. The normalized spacial score (nSPS) is 10.7. The van der Waals surface area contributed by atoms with Crippen molar-refractivity contribution >= 4 is 6.29 Å². The zero-order valence-corrected chi connectivity index (χ0v) is 9.67. The molecule has 0 amide bonds. The second-order valence-corrected chi connectivity index (χ2v) is 3.96. The number of nitrogens with zero attached hydrogens (tertiary/aromatic N) is 2. The van der Waals surface area contributed by atoms with Gasteiger partial charge in [-0.3, -0.25) is 14.7 Å². The van der Waals surface area contributed by atoms with Crippen molar-refractivity contribution in [3.8, 4) is 0 Å². The summed E-state index contributed by atoms with van der Waals surface area (Å²) in [7, 11) is 2.00. The van der Waals surface area contributed by atoms with Gasteiger partial charge in [-0.15, -0.1) is 0 Å². The molecule has 0 aliphatic carbocycles. The van der Waals surface area contributed by atoms with Crippen LogP contribution in [-0.4, -0.2) is 23.2 Å². The van der Waals surface area contributed by atoms with E-state index in [-0.39, 0.29) is 0 Å². The summed E-state index contributed by atoms with van der Waals surface area (Å²) in [5.74, 6) is 1.16. The summed E-state index contributed by atoms with van der Waals surface area (Å²) in [6.45, 7) is 1.47. The number of hydrogen-bond acceptors (Lipinski definition) is 4. The average Bonchev–Trinajstić information content (AvgIpc) is 2.78. The third kappa shape index (κ3) is 3.26. The highest BCUT2D eigenvalue weighted by molar-refractivity contribution is 5.70. The Labute approximate surface area is 99.9 Å². The van der Waals surface area contributed by atoms with Crippen molar-refractivity contribution in [1.82, 2.24) is 9.88 Å². The Bertz CT molecular complexity index is 479. The van der Waals surface area contributed by atoms with Crippen LogP contribution in [0, 0.1) is 0 Å². The van der Waals surface area contributed by atoms with E-state index >= 15 is 0 Å². The summed E-state index contributed by atoms with van der Waals surface area (Å²) in [4.78, 5) is 16.6. The van der Waals surface area contributed by atoms with Crippen LogP contribution in [-0.2, 0) is 13.1 Å². The van der Waals surface area contributed by atoms with Crippen LogP contribution >= 0.6 is 0 Å². The van der Waals surface area contributed by atoms with E-state index in [4.69, 9.17) is 4.42 Å². The summed E-state index contributed by atoms with van der Waals surface area (Å²) in [6, 6.07) is 7.45. The minimum absolute atomic E-state index is 0.370. The molecule has 0 aromatic carbocycles. The number of aromatic nitrogens is 1. The first kappa shape index (κ1) is 11.5. The van der Waals surface area contributed by atoms with Gasteiger partial charge < -0.3 is 4.42 Å². The SMILES string of the molecule is CN(Cc1cccnc1)Cc1ccc(C=O)o1. The molecule has 0 N–H and O–H groups in total. The lowest BCUT2D eigenvalue weighted by atomic mass is 10.2. The van der Waals surface area contributed by atoms with Gasteiger partial charge in [-0.1, -0.05) is 6.07 Å². The lowest BCUT2D eigenvalue weighted by molar-refractivity contribution is 0.109. The van der Waals surface area contributed by atoms with Crippen molar-refractivity contribution in [2.24, 2.45) is 0 Å².